The molecule has 2 heterocycles. The van der Waals surface area contributed by atoms with E-state index in [1.54, 1.807) is 6.20 Å². The van der Waals surface area contributed by atoms with Gasteiger partial charge in [-0.15, -0.1) is 0 Å². The Morgan fingerprint density at radius 1 is 1.08 bits per heavy atom. The normalized spacial score (nSPS) is 15.4. The van der Waals surface area contributed by atoms with Crippen LogP contribution in [0.2, 0.25) is 0 Å². The smallest absolute Gasteiger partial charge is 0.252 e. The molecule has 26 heavy (non-hydrogen) atoms. The number of fused-ring (bicyclic) bond motifs is 1. The molecule has 1 aliphatic rings. The van der Waals surface area contributed by atoms with Crippen molar-refractivity contribution >= 4 is 11.6 Å². The van der Waals surface area contributed by atoms with Crippen LogP contribution in [0.5, 0.6) is 0 Å². The van der Waals surface area contributed by atoms with Crippen LogP contribution in [0.3, 0.4) is 0 Å². The van der Waals surface area contributed by atoms with E-state index in [4.69, 9.17) is 0 Å². The highest BCUT2D eigenvalue weighted by molar-refractivity contribution is 5.94. The van der Waals surface area contributed by atoms with Crippen molar-refractivity contribution in [1.29, 1.82) is 0 Å². The summed E-state index contributed by atoms with van der Waals surface area (Å²) in [6.07, 6.45) is 14.3. The molecule has 1 amide bonds. The summed E-state index contributed by atoms with van der Waals surface area (Å²) in [5, 5.41) is 10.1. The highest BCUT2D eigenvalue weighted by Crippen LogP contribution is 2.16. The summed E-state index contributed by atoms with van der Waals surface area (Å²) < 4.78 is 1.86. The van der Waals surface area contributed by atoms with Crippen LogP contribution < -0.4 is 16.0 Å². The van der Waals surface area contributed by atoms with Gasteiger partial charge in [-0.3, -0.25) is 4.79 Å². The van der Waals surface area contributed by atoms with Crippen molar-refractivity contribution < 1.29 is 4.79 Å². The molecule has 0 unspecified atom stereocenters. The third kappa shape index (κ3) is 5.81. The number of carbonyl (C=O) groups is 1. The lowest BCUT2D eigenvalue weighted by Crippen LogP contribution is -2.36. The molecule has 0 atom stereocenters. The van der Waals surface area contributed by atoms with Gasteiger partial charge in [0.1, 0.15) is 5.65 Å². The van der Waals surface area contributed by atoms with Crippen LogP contribution in [0, 0.1) is 0 Å². The predicted octanol–water partition coefficient (Wildman–Crippen LogP) is 2.36. The van der Waals surface area contributed by atoms with E-state index in [9.17, 15) is 4.79 Å². The average Bonchev–Trinajstić information content (AvgIpc) is 3.15. The molecule has 0 aromatic carbocycles. The molecule has 3 rings (SSSR count). The quantitative estimate of drug-likeness (QED) is 0.571. The highest BCUT2D eigenvalue weighted by atomic mass is 16.1. The van der Waals surface area contributed by atoms with Gasteiger partial charge < -0.3 is 20.4 Å². The number of rotatable bonds is 10. The van der Waals surface area contributed by atoms with Crippen molar-refractivity contribution in [1.82, 2.24) is 25.3 Å². The summed E-state index contributed by atoms with van der Waals surface area (Å²) in [4.78, 5) is 16.3. The Morgan fingerprint density at radius 2 is 1.92 bits per heavy atom. The maximum absolute atomic E-state index is 12.2. The van der Waals surface area contributed by atoms with Crippen molar-refractivity contribution in [3.8, 4) is 0 Å². The number of carbonyl (C=O) groups excluding carboxylic acids is 1. The van der Waals surface area contributed by atoms with E-state index < -0.39 is 0 Å². The first-order chi connectivity index (χ1) is 12.8. The largest absolute Gasteiger partial charge is 0.352 e. The SMILES string of the molecule is O=C(NCCCCNCCNC1CCCCC1)c1ccc2nccn2c1. The third-order valence-electron chi connectivity index (χ3n) is 5.06. The topological polar surface area (TPSA) is 70.5 Å². The van der Waals surface area contributed by atoms with Gasteiger partial charge in [0.25, 0.3) is 5.91 Å². The zero-order valence-corrected chi connectivity index (χ0v) is 15.5. The fraction of sp³-hybridized carbons (Fsp3) is 0.600. The first-order valence-electron chi connectivity index (χ1n) is 9.98. The molecule has 0 aliphatic heterocycles. The summed E-state index contributed by atoms with van der Waals surface area (Å²) in [6.45, 7) is 3.79. The summed E-state index contributed by atoms with van der Waals surface area (Å²) >= 11 is 0. The standard InChI is InChI=1S/C20H31N5O/c26-20(17-8-9-19-23-14-15-25(19)16-17)24-11-5-4-10-21-12-13-22-18-6-2-1-3-7-18/h8-9,14-16,18,21-22H,1-7,10-13H2,(H,24,26). The molecule has 1 saturated carbocycles. The van der Waals surface area contributed by atoms with Gasteiger partial charge in [-0.25, -0.2) is 4.98 Å². The molecule has 1 aliphatic carbocycles. The summed E-state index contributed by atoms with van der Waals surface area (Å²) in [5.41, 5.74) is 1.52. The lowest BCUT2D eigenvalue weighted by molar-refractivity contribution is 0.0952. The van der Waals surface area contributed by atoms with E-state index in [1.165, 1.54) is 32.1 Å². The van der Waals surface area contributed by atoms with Gasteiger partial charge in [-0.2, -0.15) is 0 Å². The van der Waals surface area contributed by atoms with E-state index in [1.807, 2.05) is 28.9 Å². The molecule has 0 bridgehead atoms. The Kier molecular flexibility index (Phi) is 7.46. The van der Waals surface area contributed by atoms with E-state index in [0.29, 0.717) is 12.1 Å². The van der Waals surface area contributed by atoms with Gasteiger partial charge in [0.15, 0.2) is 0 Å². The first kappa shape index (κ1) is 18.9. The lowest BCUT2D eigenvalue weighted by Gasteiger charge is -2.22. The summed E-state index contributed by atoms with van der Waals surface area (Å²) in [5.74, 6) is -0.0229. The van der Waals surface area contributed by atoms with E-state index in [-0.39, 0.29) is 5.91 Å². The molecule has 142 valence electrons. The number of nitrogens with one attached hydrogen (secondary N) is 3. The van der Waals surface area contributed by atoms with E-state index in [0.717, 1.165) is 44.2 Å². The van der Waals surface area contributed by atoms with Crippen LogP contribution in [-0.2, 0) is 0 Å². The number of nitrogens with zero attached hydrogens (tertiary/aromatic N) is 2. The van der Waals surface area contributed by atoms with Crippen LogP contribution in [-0.4, -0.2) is 47.5 Å². The van der Waals surface area contributed by atoms with Crippen LogP contribution in [0.25, 0.3) is 5.65 Å². The minimum atomic E-state index is -0.0229. The molecule has 3 N–H and O–H groups in total. The molecule has 0 radical (unpaired) electrons. The molecular weight excluding hydrogens is 326 g/mol. The van der Waals surface area contributed by atoms with Crippen molar-refractivity contribution in [3.63, 3.8) is 0 Å². The highest BCUT2D eigenvalue weighted by Gasteiger charge is 2.11. The second-order valence-electron chi connectivity index (χ2n) is 7.11. The molecule has 6 nitrogen and oxygen atoms in total. The van der Waals surface area contributed by atoms with Gasteiger partial charge in [0.05, 0.1) is 5.56 Å². The Hall–Kier alpha value is -1.92. The second kappa shape index (κ2) is 10.3. The Bertz CT molecular complexity index is 678. The van der Waals surface area contributed by atoms with Crippen molar-refractivity contribution in [2.75, 3.05) is 26.2 Å². The summed E-state index contributed by atoms with van der Waals surface area (Å²) in [6, 6.07) is 4.42. The Morgan fingerprint density at radius 3 is 2.81 bits per heavy atom. The molecular formula is C20H31N5O. The number of unbranched alkanes of at least 4 members (excludes halogenated alkanes) is 1. The number of imidazole rings is 1. The van der Waals surface area contributed by atoms with Gasteiger partial charge in [-0.1, -0.05) is 19.3 Å². The Labute approximate surface area is 155 Å². The molecule has 6 heteroatoms. The molecule has 0 saturated heterocycles. The second-order valence-corrected chi connectivity index (χ2v) is 7.11. The predicted molar refractivity (Wildman–Crippen MR) is 105 cm³/mol. The zero-order chi connectivity index (χ0) is 18.0. The number of hydrogen-bond donors (Lipinski definition) is 3. The van der Waals surface area contributed by atoms with E-state index >= 15 is 0 Å². The number of amides is 1. The van der Waals surface area contributed by atoms with Gasteiger partial charge >= 0.3 is 0 Å². The van der Waals surface area contributed by atoms with Gasteiger partial charge in [0.2, 0.25) is 0 Å². The number of hydrogen-bond acceptors (Lipinski definition) is 4. The number of aromatic nitrogens is 2. The third-order valence-corrected chi connectivity index (χ3v) is 5.06. The maximum Gasteiger partial charge on any atom is 0.252 e. The van der Waals surface area contributed by atoms with Crippen molar-refractivity contribution in [2.45, 2.75) is 51.0 Å². The minimum absolute atomic E-state index is 0.0229. The molecule has 2 aromatic rings. The van der Waals surface area contributed by atoms with Crippen LogP contribution in [0.4, 0.5) is 0 Å². The average molecular weight is 358 g/mol. The van der Waals surface area contributed by atoms with Gasteiger partial charge in [-0.05, 0) is 44.4 Å². The first-order valence-corrected chi connectivity index (χ1v) is 9.98. The van der Waals surface area contributed by atoms with E-state index in [2.05, 4.69) is 20.9 Å². The molecule has 2 aromatic heterocycles. The maximum atomic E-state index is 12.2. The molecule has 0 spiro atoms. The van der Waals surface area contributed by atoms with Crippen molar-refractivity contribution in [3.05, 3.63) is 36.3 Å². The fourth-order valence-electron chi connectivity index (χ4n) is 3.53. The van der Waals surface area contributed by atoms with Crippen LogP contribution >= 0.6 is 0 Å². The zero-order valence-electron chi connectivity index (χ0n) is 15.5. The lowest BCUT2D eigenvalue weighted by atomic mass is 9.95. The minimum Gasteiger partial charge on any atom is -0.352 e. The number of pyridine rings is 1. The van der Waals surface area contributed by atoms with Gasteiger partial charge in [0, 0.05) is 44.3 Å². The monoisotopic (exact) mass is 357 g/mol. The van der Waals surface area contributed by atoms with Crippen molar-refractivity contribution in [2.24, 2.45) is 0 Å². The summed E-state index contributed by atoms with van der Waals surface area (Å²) in [7, 11) is 0. The Balaban J connectivity index is 1.20. The van der Waals surface area contributed by atoms with Crippen LogP contribution in [0.1, 0.15) is 55.3 Å². The fourth-order valence-corrected chi connectivity index (χ4v) is 3.53. The van der Waals surface area contributed by atoms with Crippen LogP contribution in [0.15, 0.2) is 30.7 Å². The molecule has 1 fully saturated rings.